The molecule has 0 atom stereocenters. The monoisotopic (exact) mass is 632 g/mol. The van der Waals surface area contributed by atoms with Gasteiger partial charge in [0, 0.05) is 12.3 Å². The van der Waals surface area contributed by atoms with E-state index >= 15 is 0 Å². The molecule has 0 saturated carbocycles. The highest BCUT2D eigenvalue weighted by Gasteiger charge is 2.30. The first kappa shape index (κ1) is 31.0. The van der Waals surface area contributed by atoms with E-state index in [1.54, 1.807) is 12.1 Å². The molecule has 6 rings (SSSR count). The predicted molar refractivity (Wildman–Crippen MR) is 186 cm³/mol. The van der Waals surface area contributed by atoms with Gasteiger partial charge in [-0.1, -0.05) is 152 Å². The lowest BCUT2D eigenvalue weighted by Crippen LogP contribution is -2.16. The van der Waals surface area contributed by atoms with Crippen molar-refractivity contribution < 1.29 is 13.2 Å². The van der Waals surface area contributed by atoms with Crippen LogP contribution in [0.2, 0.25) is 0 Å². The van der Waals surface area contributed by atoms with Crippen LogP contribution in [0.4, 0.5) is 13.2 Å². The lowest BCUT2D eigenvalue weighted by atomic mass is 9.95. The fraction of sp³-hybridized carbons (Fsp3) is 0.100. The van der Waals surface area contributed by atoms with Crippen molar-refractivity contribution in [3.63, 3.8) is 0 Å². The van der Waals surface area contributed by atoms with Gasteiger partial charge in [-0.05, 0) is 77.9 Å². The zero-order chi connectivity index (χ0) is 31.1. The van der Waals surface area contributed by atoms with Crippen LogP contribution in [0.5, 0.6) is 0 Å². The molecule has 0 aromatic heterocycles. The van der Waals surface area contributed by atoms with Crippen LogP contribution in [0.3, 0.4) is 0 Å². The second-order valence-corrected chi connectivity index (χ2v) is 15.4. The summed E-state index contributed by atoms with van der Waals surface area (Å²) in [5.41, 5.74) is 3.98. The maximum Gasteiger partial charge on any atom is 0.416 e. The van der Waals surface area contributed by atoms with Crippen molar-refractivity contribution in [2.24, 2.45) is 0 Å². The van der Waals surface area contributed by atoms with Crippen molar-refractivity contribution in [3.8, 4) is 0 Å². The SMILES string of the molecule is FC(F)(F)c1ccc(Cc2c(CP(c3ccccc3)c3ccccc3)cccc2CP(c2ccccc2)c2ccccc2)cc1. The van der Waals surface area contributed by atoms with E-state index in [0.29, 0.717) is 6.42 Å². The van der Waals surface area contributed by atoms with E-state index in [-0.39, 0.29) is 0 Å². The Morgan fingerprint density at radius 2 is 0.756 bits per heavy atom. The van der Waals surface area contributed by atoms with E-state index in [2.05, 4.69) is 115 Å². The standard InChI is InChI=1S/C40H33F3P2/c41-40(42,43)34-26-24-31(25-27-34)28-39-32(29-44(35-16-5-1-6-17-35)36-18-7-2-8-19-36)14-13-15-33(39)30-45(37-20-9-3-10-21-37)38-22-11-4-12-23-38/h1-27H,28-30H2. The highest BCUT2D eigenvalue weighted by atomic mass is 31.1. The summed E-state index contributed by atoms with van der Waals surface area (Å²) >= 11 is 0. The number of hydrogen-bond donors (Lipinski definition) is 0. The molecule has 0 N–H and O–H groups in total. The Balaban J connectivity index is 1.45. The Labute approximate surface area is 266 Å². The number of rotatable bonds is 10. The summed E-state index contributed by atoms with van der Waals surface area (Å²) < 4.78 is 40.2. The van der Waals surface area contributed by atoms with E-state index in [4.69, 9.17) is 0 Å². The Kier molecular flexibility index (Phi) is 9.90. The molecule has 0 fully saturated rings. The third-order valence-corrected chi connectivity index (χ3v) is 13.0. The van der Waals surface area contributed by atoms with Crippen molar-refractivity contribution >= 4 is 37.1 Å². The largest absolute Gasteiger partial charge is 0.416 e. The van der Waals surface area contributed by atoms with Gasteiger partial charge in [-0.15, -0.1) is 0 Å². The molecule has 0 amide bonds. The summed E-state index contributed by atoms with van der Waals surface area (Å²) in [7, 11) is -1.40. The van der Waals surface area contributed by atoms with E-state index in [9.17, 15) is 13.2 Å². The third-order valence-electron chi connectivity index (χ3n) is 7.96. The average molecular weight is 633 g/mol. The van der Waals surface area contributed by atoms with E-state index in [0.717, 1.165) is 17.9 Å². The fourth-order valence-corrected chi connectivity index (χ4v) is 10.4. The summed E-state index contributed by atoms with van der Waals surface area (Å²) in [5, 5.41) is 5.22. The van der Waals surface area contributed by atoms with Gasteiger partial charge in [0.05, 0.1) is 5.56 Å². The smallest absolute Gasteiger partial charge is 0.166 e. The summed E-state index contributed by atoms with van der Waals surface area (Å²) in [4.78, 5) is 0. The van der Waals surface area contributed by atoms with Crippen LogP contribution in [-0.4, -0.2) is 0 Å². The Bertz CT molecular complexity index is 1610. The fourth-order valence-electron chi connectivity index (χ4n) is 5.66. The number of benzene rings is 6. The van der Waals surface area contributed by atoms with Crippen molar-refractivity contribution in [3.05, 3.63) is 192 Å². The Morgan fingerprint density at radius 3 is 1.09 bits per heavy atom. The molecular formula is C40H33F3P2. The van der Waals surface area contributed by atoms with Crippen molar-refractivity contribution in [1.29, 1.82) is 0 Å². The van der Waals surface area contributed by atoms with Crippen molar-refractivity contribution in [1.82, 2.24) is 0 Å². The zero-order valence-electron chi connectivity index (χ0n) is 24.7. The van der Waals surface area contributed by atoms with E-state index in [1.165, 1.54) is 50.0 Å². The minimum atomic E-state index is -4.36. The predicted octanol–water partition coefficient (Wildman–Crippen LogP) is 9.56. The first-order valence-corrected chi connectivity index (χ1v) is 18.0. The van der Waals surface area contributed by atoms with Crippen LogP contribution in [0.15, 0.2) is 164 Å². The summed E-state index contributed by atoms with van der Waals surface area (Å²) in [6.45, 7) is 0. The molecular weight excluding hydrogens is 599 g/mol. The van der Waals surface area contributed by atoms with Crippen LogP contribution < -0.4 is 21.2 Å². The molecule has 6 aromatic carbocycles. The molecule has 6 aromatic rings. The van der Waals surface area contributed by atoms with Crippen molar-refractivity contribution in [2.45, 2.75) is 24.9 Å². The van der Waals surface area contributed by atoms with Gasteiger partial charge >= 0.3 is 6.18 Å². The molecule has 0 unspecified atom stereocenters. The second kappa shape index (κ2) is 14.4. The van der Waals surface area contributed by atoms with Gasteiger partial charge in [0.1, 0.15) is 0 Å². The molecule has 0 aliphatic rings. The molecule has 5 heteroatoms. The van der Waals surface area contributed by atoms with Crippen LogP contribution in [0.1, 0.15) is 27.8 Å². The van der Waals surface area contributed by atoms with Gasteiger partial charge in [-0.25, -0.2) is 0 Å². The van der Waals surface area contributed by atoms with Crippen LogP contribution in [0, 0.1) is 0 Å². The minimum absolute atomic E-state index is 0.573. The van der Waals surface area contributed by atoms with Crippen molar-refractivity contribution in [2.75, 3.05) is 0 Å². The van der Waals surface area contributed by atoms with Gasteiger partial charge in [0.2, 0.25) is 0 Å². The molecule has 45 heavy (non-hydrogen) atoms. The molecule has 0 radical (unpaired) electrons. The van der Waals surface area contributed by atoms with Crippen LogP contribution in [-0.2, 0) is 24.9 Å². The topological polar surface area (TPSA) is 0 Å². The summed E-state index contributed by atoms with van der Waals surface area (Å²) in [6, 6.07) is 54.9. The first-order chi connectivity index (χ1) is 22.0. The van der Waals surface area contributed by atoms with Crippen LogP contribution >= 0.6 is 15.8 Å². The normalized spacial score (nSPS) is 11.7. The molecule has 0 aliphatic heterocycles. The highest BCUT2D eigenvalue weighted by molar-refractivity contribution is 7.72. The zero-order valence-corrected chi connectivity index (χ0v) is 26.5. The molecule has 0 heterocycles. The molecule has 0 spiro atoms. The molecule has 0 aliphatic carbocycles. The van der Waals surface area contributed by atoms with E-state index < -0.39 is 27.6 Å². The lowest BCUT2D eigenvalue weighted by Gasteiger charge is -2.25. The Morgan fingerprint density at radius 1 is 0.400 bits per heavy atom. The van der Waals surface area contributed by atoms with E-state index in [1.807, 2.05) is 24.3 Å². The second-order valence-electron chi connectivity index (χ2n) is 10.9. The molecule has 0 nitrogen and oxygen atoms in total. The van der Waals surface area contributed by atoms with Gasteiger partial charge in [0.25, 0.3) is 0 Å². The van der Waals surface area contributed by atoms with Gasteiger partial charge in [0.15, 0.2) is 0 Å². The van der Waals surface area contributed by atoms with Gasteiger partial charge in [-0.2, -0.15) is 13.2 Å². The summed E-state index contributed by atoms with van der Waals surface area (Å²) in [5.74, 6) is 0. The highest BCUT2D eigenvalue weighted by Crippen LogP contribution is 2.43. The van der Waals surface area contributed by atoms with Crippen LogP contribution in [0.25, 0.3) is 0 Å². The minimum Gasteiger partial charge on any atom is -0.166 e. The van der Waals surface area contributed by atoms with Gasteiger partial charge in [-0.3, -0.25) is 0 Å². The Hall–Kier alpha value is -4.03. The molecule has 224 valence electrons. The molecule has 0 bridgehead atoms. The maximum absolute atomic E-state index is 13.4. The maximum atomic E-state index is 13.4. The van der Waals surface area contributed by atoms with Gasteiger partial charge < -0.3 is 0 Å². The lowest BCUT2D eigenvalue weighted by molar-refractivity contribution is -0.137. The first-order valence-electron chi connectivity index (χ1n) is 15.0. The molecule has 0 saturated heterocycles. The number of halogens is 3. The quantitative estimate of drug-likeness (QED) is 0.132. The third kappa shape index (κ3) is 7.80. The number of hydrogen-bond acceptors (Lipinski definition) is 0. The number of alkyl halides is 3. The summed E-state index contributed by atoms with van der Waals surface area (Å²) in [6.07, 6.45) is -2.09. The average Bonchev–Trinajstić information content (AvgIpc) is 3.08.